The lowest BCUT2D eigenvalue weighted by Gasteiger charge is -2.73. The molecule has 4 nitrogen and oxygen atoms in total. The lowest BCUT2D eigenvalue weighted by molar-refractivity contribution is -0.281. The van der Waals surface area contributed by atoms with Gasteiger partial charge in [0.2, 0.25) is 0 Å². The molecule has 2 heterocycles. The second-order valence-corrected chi connectivity index (χ2v) is 11.0. The fraction of sp³-hybridized carbons (Fsp3) is 0.760. The Bertz CT molecular complexity index is 896. The summed E-state index contributed by atoms with van der Waals surface area (Å²) in [6.45, 7) is 4.89. The Morgan fingerprint density at radius 3 is 2.86 bits per heavy atom. The van der Waals surface area contributed by atoms with Gasteiger partial charge in [-0.15, -0.1) is 0 Å². The molecule has 5 aliphatic carbocycles. The van der Waals surface area contributed by atoms with E-state index in [-0.39, 0.29) is 35.1 Å². The minimum atomic E-state index is -0.347. The molecule has 5 fully saturated rings. The van der Waals surface area contributed by atoms with Gasteiger partial charge in [0.05, 0.1) is 0 Å². The van der Waals surface area contributed by atoms with Gasteiger partial charge in [-0.05, 0) is 75.5 Å². The molecule has 156 valence electrons. The molecular formula is C25H33NO3. The van der Waals surface area contributed by atoms with Crippen LogP contribution in [0, 0.1) is 24.2 Å². The zero-order valence-corrected chi connectivity index (χ0v) is 17.7. The van der Waals surface area contributed by atoms with Crippen molar-refractivity contribution in [2.75, 3.05) is 26.8 Å². The van der Waals surface area contributed by atoms with E-state index >= 15 is 0 Å². The van der Waals surface area contributed by atoms with Gasteiger partial charge in [0.1, 0.15) is 17.5 Å². The van der Waals surface area contributed by atoms with Crippen LogP contribution in [-0.4, -0.2) is 54.6 Å². The molecule has 1 unspecified atom stereocenters. The van der Waals surface area contributed by atoms with Gasteiger partial charge < -0.3 is 14.6 Å². The average molecular weight is 396 g/mol. The summed E-state index contributed by atoms with van der Waals surface area (Å²) in [6.07, 6.45) is 8.57. The number of aliphatic hydroxyl groups is 1. The molecular weight excluding hydrogens is 362 g/mol. The molecule has 2 spiro atoms. The van der Waals surface area contributed by atoms with Gasteiger partial charge in [-0.3, -0.25) is 4.90 Å². The number of hydrogen-bond acceptors (Lipinski definition) is 4. The number of piperidine rings is 1. The summed E-state index contributed by atoms with van der Waals surface area (Å²) in [6, 6.07) is 5.26. The van der Waals surface area contributed by atoms with Crippen molar-refractivity contribution < 1.29 is 14.6 Å². The summed E-state index contributed by atoms with van der Waals surface area (Å²) < 4.78 is 13.3. The third-order valence-electron chi connectivity index (χ3n) is 10.2. The Balaban J connectivity index is 1.48. The van der Waals surface area contributed by atoms with E-state index in [1.54, 1.807) is 5.56 Å². The number of benzene rings is 1. The molecule has 4 saturated carbocycles. The molecule has 6 atom stereocenters. The van der Waals surface area contributed by atoms with Crippen LogP contribution >= 0.6 is 0 Å². The Kier molecular flexibility index (Phi) is 3.26. The standard InChI is InChI=1S/C25H33NO3/c1-15-3-6-17-11-19-23-7-8-25(28-2,18(12-23)14-27)22-24(23,20(17)21(15)29-22)9-10-26(19)13-16-4-5-16/h3,6,16,18-19,22,27H,4-5,7-14H2,1-2H3/t18?,19-,22-,23-,24+,25-/m1/s1. The van der Waals surface area contributed by atoms with Crippen LogP contribution in [0.2, 0.25) is 0 Å². The predicted molar refractivity (Wildman–Crippen MR) is 110 cm³/mol. The largest absolute Gasteiger partial charge is 0.486 e. The lowest BCUT2D eigenvalue weighted by atomic mass is 9.35. The van der Waals surface area contributed by atoms with Crippen LogP contribution in [0.4, 0.5) is 0 Å². The minimum absolute atomic E-state index is 0.0559. The van der Waals surface area contributed by atoms with Gasteiger partial charge in [0.15, 0.2) is 0 Å². The van der Waals surface area contributed by atoms with Crippen molar-refractivity contribution in [3.05, 3.63) is 28.8 Å². The number of likely N-dealkylation sites (tertiary alicyclic amines) is 1. The lowest BCUT2D eigenvalue weighted by Crippen LogP contribution is -2.81. The third-order valence-corrected chi connectivity index (χ3v) is 10.2. The average Bonchev–Trinajstić information content (AvgIpc) is 3.48. The number of methoxy groups -OCH3 is 1. The monoisotopic (exact) mass is 395 g/mol. The highest BCUT2D eigenvalue weighted by molar-refractivity contribution is 5.61. The van der Waals surface area contributed by atoms with Crippen molar-refractivity contribution >= 4 is 0 Å². The van der Waals surface area contributed by atoms with Crippen LogP contribution in [0.1, 0.15) is 55.2 Å². The first-order chi connectivity index (χ1) is 14.1. The van der Waals surface area contributed by atoms with Crippen molar-refractivity contribution in [3.8, 4) is 5.75 Å². The van der Waals surface area contributed by atoms with E-state index in [0.29, 0.717) is 6.04 Å². The van der Waals surface area contributed by atoms with Gasteiger partial charge in [-0.1, -0.05) is 12.1 Å². The zero-order chi connectivity index (χ0) is 19.6. The fourth-order valence-corrected chi connectivity index (χ4v) is 8.91. The Labute approximate surface area is 173 Å². The number of rotatable bonds is 4. The van der Waals surface area contributed by atoms with E-state index in [4.69, 9.17) is 9.47 Å². The van der Waals surface area contributed by atoms with Crippen LogP contribution in [0.3, 0.4) is 0 Å². The molecule has 4 bridgehead atoms. The highest BCUT2D eigenvalue weighted by Crippen LogP contribution is 2.76. The second kappa shape index (κ2) is 5.38. The molecule has 1 aromatic carbocycles. The molecule has 1 saturated heterocycles. The maximum absolute atomic E-state index is 10.5. The quantitative estimate of drug-likeness (QED) is 0.850. The predicted octanol–water partition coefficient (Wildman–Crippen LogP) is 3.21. The number of nitrogens with zero attached hydrogens (tertiary/aromatic N) is 1. The third kappa shape index (κ3) is 1.78. The van der Waals surface area contributed by atoms with E-state index in [0.717, 1.165) is 30.9 Å². The zero-order valence-electron chi connectivity index (χ0n) is 17.7. The van der Waals surface area contributed by atoms with Gasteiger partial charge in [-0.25, -0.2) is 0 Å². The van der Waals surface area contributed by atoms with E-state index < -0.39 is 0 Å². The molecule has 7 aliphatic rings. The van der Waals surface area contributed by atoms with Crippen LogP contribution in [0.25, 0.3) is 0 Å². The number of hydrogen-bond donors (Lipinski definition) is 1. The number of aliphatic hydroxyl groups excluding tert-OH is 1. The number of ether oxygens (including phenoxy) is 2. The van der Waals surface area contributed by atoms with Crippen molar-refractivity contribution in [2.45, 2.75) is 75.0 Å². The minimum Gasteiger partial charge on any atom is -0.486 e. The van der Waals surface area contributed by atoms with Crippen molar-refractivity contribution in [2.24, 2.45) is 17.3 Å². The summed E-state index contributed by atoms with van der Waals surface area (Å²) >= 11 is 0. The van der Waals surface area contributed by atoms with Crippen LogP contribution in [0.5, 0.6) is 5.75 Å². The molecule has 0 aromatic heterocycles. The van der Waals surface area contributed by atoms with Gasteiger partial charge in [0, 0.05) is 48.6 Å². The summed E-state index contributed by atoms with van der Waals surface area (Å²) in [4.78, 5) is 2.86. The van der Waals surface area contributed by atoms with Gasteiger partial charge >= 0.3 is 0 Å². The van der Waals surface area contributed by atoms with E-state index in [1.165, 1.54) is 49.9 Å². The molecule has 2 aliphatic heterocycles. The molecule has 4 heteroatoms. The first kappa shape index (κ1) is 17.6. The Morgan fingerprint density at radius 1 is 1.24 bits per heavy atom. The number of fused-ring (bicyclic) bond motifs is 2. The molecule has 29 heavy (non-hydrogen) atoms. The second-order valence-electron chi connectivity index (χ2n) is 11.0. The van der Waals surface area contributed by atoms with Gasteiger partial charge in [0.25, 0.3) is 0 Å². The van der Waals surface area contributed by atoms with Crippen LogP contribution in [-0.2, 0) is 16.6 Å². The van der Waals surface area contributed by atoms with Crippen molar-refractivity contribution in [3.63, 3.8) is 0 Å². The Hall–Kier alpha value is -1.10. The SMILES string of the molecule is CO[C@]12CC[C@@]3(CC1CO)[C@H]1Cc4ccc(C)c5c4[C@@]3(CCN1CC1CC1)[C@H]2O5. The topological polar surface area (TPSA) is 41.9 Å². The first-order valence-corrected chi connectivity index (χ1v) is 11.8. The first-order valence-electron chi connectivity index (χ1n) is 11.8. The summed E-state index contributed by atoms with van der Waals surface area (Å²) in [5, 5.41) is 10.5. The highest BCUT2D eigenvalue weighted by atomic mass is 16.6. The van der Waals surface area contributed by atoms with Crippen molar-refractivity contribution in [1.29, 1.82) is 0 Å². The summed E-state index contributed by atoms with van der Waals surface area (Å²) in [7, 11) is 1.86. The summed E-state index contributed by atoms with van der Waals surface area (Å²) in [5.74, 6) is 2.26. The highest BCUT2D eigenvalue weighted by Gasteiger charge is 2.80. The molecule has 0 radical (unpaired) electrons. The van der Waals surface area contributed by atoms with Crippen molar-refractivity contribution in [1.82, 2.24) is 4.90 Å². The van der Waals surface area contributed by atoms with E-state index in [1.807, 2.05) is 7.11 Å². The normalized spacial score (nSPS) is 46.5. The Morgan fingerprint density at radius 2 is 2.10 bits per heavy atom. The summed E-state index contributed by atoms with van der Waals surface area (Å²) in [5.41, 5.74) is 4.30. The molecule has 0 amide bonds. The molecule has 8 rings (SSSR count). The maximum Gasteiger partial charge on any atom is 0.138 e. The fourth-order valence-electron chi connectivity index (χ4n) is 8.91. The van der Waals surface area contributed by atoms with Crippen LogP contribution in [0.15, 0.2) is 12.1 Å². The maximum atomic E-state index is 10.5. The number of aryl methyl sites for hydroxylation is 1. The van der Waals surface area contributed by atoms with E-state index in [9.17, 15) is 5.11 Å². The smallest absolute Gasteiger partial charge is 0.138 e. The van der Waals surface area contributed by atoms with Gasteiger partial charge in [-0.2, -0.15) is 0 Å². The van der Waals surface area contributed by atoms with E-state index in [2.05, 4.69) is 24.0 Å². The van der Waals surface area contributed by atoms with Crippen LogP contribution < -0.4 is 4.74 Å². The molecule has 1 aromatic rings. The molecule has 1 N–H and O–H groups in total.